The number of nitrogens with one attached hydrogen (secondary N) is 2. The van der Waals surface area contributed by atoms with E-state index in [9.17, 15) is 14.4 Å². The Labute approximate surface area is 198 Å². The molecule has 0 saturated carbocycles. The number of nitrogens with zero attached hydrogens (tertiary/aromatic N) is 1. The highest BCUT2D eigenvalue weighted by molar-refractivity contribution is 5.92. The summed E-state index contributed by atoms with van der Waals surface area (Å²) in [4.78, 5) is 40.3. The lowest BCUT2D eigenvalue weighted by molar-refractivity contribution is -0.141. The summed E-state index contributed by atoms with van der Waals surface area (Å²) in [6.07, 6.45) is 5.45. The van der Waals surface area contributed by atoms with Crippen LogP contribution >= 0.6 is 0 Å². The number of unbranched alkanes of at least 4 members (excludes halogenated alkanes) is 2. The quantitative estimate of drug-likeness (QED) is 0.355. The molecule has 182 valence electrons. The first-order chi connectivity index (χ1) is 15.5. The highest BCUT2D eigenvalue weighted by atomic mass is 16.6. The number of rotatable bonds is 12. The first-order valence-corrected chi connectivity index (χ1v) is 11.4. The lowest BCUT2D eigenvalue weighted by Gasteiger charge is -2.33. The summed E-state index contributed by atoms with van der Waals surface area (Å²) >= 11 is 0. The number of amides is 3. The van der Waals surface area contributed by atoms with E-state index in [0.29, 0.717) is 12.1 Å². The lowest BCUT2D eigenvalue weighted by atomic mass is 10.0. The van der Waals surface area contributed by atoms with Crippen molar-refractivity contribution in [2.45, 2.75) is 71.6 Å². The van der Waals surface area contributed by atoms with Crippen molar-refractivity contribution < 1.29 is 19.1 Å². The fourth-order valence-corrected chi connectivity index (χ4v) is 3.27. The molecule has 3 amide bonds. The van der Waals surface area contributed by atoms with Gasteiger partial charge in [0.2, 0.25) is 11.8 Å². The van der Waals surface area contributed by atoms with Crippen LogP contribution in [-0.4, -0.2) is 47.5 Å². The molecular weight excluding hydrogens is 418 g/mol. The third-order valence-corrected chi connectivity index (χ3v) is 4.81. The fraction of sp³-hybridized carbons (Fsp3) is 0.500. The van der Waals surface area contributed by atoms with Gasteiger partial charge in [-0.3, -0.25) is 9.59 Å². The van der Waals surface area contributed by atoms with Crippen LogP contribution in [0.4, 0.5) is 4.79 Å². The van der Waals surface area contributed by atoms with Crippen molar-refractivity contribution in [2.24, 2.45) is 0 Å². The third-order valence-electron chi connectivity index (χ3n) is 4.81. The molecule has 0 bridgehead atoms. The van der Waals surface area contributed by atoms with Crippen LogP contribution in [0.15, 0.2) is 43.5 Å². The van der Waals surface area contributed by atoms with Crippen molar-refractivity contribution in [1.29, 1.82) is 0 Å². The van der Waals surface area contributed by atoms with Gasteiger partial charge in [-0.2, -0.15) is 0 Å². The maximum Gasteiger partial charge on any atom is 0.408 e. The smallest absolute Gasteiger partial charge is 0.408 e. The van der Waals surface area contributed by atoms with E-state index in [1.807, 2.05) is 18.2 Å². The van der Waals surface area contributed by atoms with Crippen LogP contribution in [0.25, 0.3) is 6.08 Å². The zero-order chi connectivity index (χ0) is 25.0. The normalized spacial score (nSPS) is 12.8. The molecule has 0 spiro atoms. The van der Waals surface area contributed by atoms with Crippen LogP contribution in [0.3, 0.4) is 0 Å². The molecule has 7 nitrogen and oxygen atoms in total. The van der Waals surface area contributed by atoms with Crippen molar-refractivity contribution in [2.75, 3.05) is 13.1 Å². The molecule has 2 atom stereocenters. The van der Waals surface area contributed by atoms with E-state index < -0.39 is 29.7 Å². The van der Waals surface area contributed by atoms with Gasteiger partial charge in [-0.15, -0.1) is 6.58 Å². The topological polar surface area (TPSA) is 87.7 Å². The first kappa shape index (κ1) is 27.9. The number of alkyl carbamates (subject to hydrolysis) is 1. The molecule has 2 unspecified atom stereocenters. The third kappa shape index (κ3) is 9.51. The summed E-state index contributed by atoms with van der Waals surface area (Å²) in [7, 11) is 0. The second-order valence-electron chi connectivity index (χ2n) is 8.92. The summed E-state index contributed by atoms with van der Waals surface area (Å²) in [6.45, 7) is 17.1. The second-order valence-corrected chi connectivity index (χ2v) is 8.92. The monoisotopic (exact) mass is 457 g/mol. The summed E-state index contributed by atoms with van der Waals surface area (Å²) in [5.74, 6) is -0.703. The Kier molecular flexibility index (Phi) is 11.4. The number of hydrogen-bond donors (Lipinski definition) is 2. The highest BCUT2D eigenvalue weighted by Crippen LogP contribution is 2.24. The number of benzene rings is 1. The Morgan fingerprint density at radius 1 is 1.18 bits per heavy atom. The summed E-state index contributed by atoms with van der Waals surface area (Å²) in [5, 5.41) is 5.52. The lowest BCUT2D eigenvalue weighted by Crippen LogP contribution is -2.52. The van der Waals surface area contributed by atoms with Gasteiger partial charge in [0.05, 0.1) is 0 Å². The van der Waals surface area contributed by atoms with Crippen LogP contribution in [0.1, 0.15) is 71.0 Å². The van der Waals surface area contributed by atoms with Gasteiger partial charge in [0.1, 0.15) is 17.7 Å². The Bertz CT molecular complexity index is 829. The molecule has 0 aromatic heterocycles. The predicted molar refractivity (Wildman–Crippen MR) is 133 cm³/mol. The van der Waals surface area contributed by atoms with Gasteiger partial charge in [-0.05, 0) is 51.3 Å². The molecule has 0 fully saturated rings. The van der Waals surface area contributed by atoms with Gasteiger partial charge < -0.3 is 20.3 Å². The fourth-order valence-electron chi connectivity index (χ4n) is 3.27. The van der Waals surface area contributed by atoms with E-state index in [1.54, 1.807) is 45.9 Å². The standard InChI is InChI=1S/C26H39N3O4/c1-8-11-12-16-27-23(30)22(21-15-13-14-20(10-3)18-21)29(17-9-2)24(31)19(4)28-25(32)33-26(5,6)7/h9-10,13-15,18-19,22H,2-3,8,11-12,16-17H2,1,4-7H3,(H,27,30)(H,28,32). The minimum Gasteiger partial charge on any atom is -0.444 e. The minimum absolute atomic E-state index is 0.129. The van der Waals surface area contributed by atoms with Gasteiger partial charge >= 0.3 is 6.09 Å². The Morgan fingerprint density at radius 3 is 2.45 bits per heavy atom. The van der Waals surface area contributed by atoms with Crippen molar-refractivity contribution >= 4 is 24.0 Å². The zero-order valence-electron chi connectivity index (χ0n) is 20.6. The average Bonchev–Trinajstić information content (AvgIpc) is 2.74. The van der Waals surface area contributed by atoms with Crippen LogP contribution in [0.2, 0.25) is 0 Å². The van der Waals surface area contributed by atoms with Gasteiger partial charge in [-0.1, -0.05) is 56.7 Å². The number of carbonyl (C=O) groups excluding carboxylic acids is 3. The van der Waals surface area contributed by atoms with E-state index in [2.05, 4.69) is 30.7 Å². The molecule has 0 aliphatic carbocycles. The van der Waals surface area contributed by atoms with Crippen LogP contribution in [-0.2, 0) is 14.3 Å². The van der Waals surface area contributed by atoms with Gasteiger partial charge in [0.25, 0.3) is 0 Å². The molecule has 0 aliphatic rings. The van der Waals surface area contributed by atoms with Crippen molar-refractivity contribution in [1.82, 2.24) is 15.5 Å². The molecule has 0 radical (unpaired) electrons. The molecule has 0 heterocycles. The number of hydrogen-bond acceptors (Lipinski definition) is 4. The van der Waals surface area contributed by atoms with E-state index in [-0.39, 0.29) is 12.5 Å². The van der Waals surface area contributed by atoms with E-state index >= 15 is 0 Å². The largest absolute Gasteiger partial charge is 0.444 e. The Balaban J connectivity index is 3.23. The molecule has 7 heteroatoms. The second kappa shape index (κ2) is 13.5. The minimum atomic E-state index is -0.905. The molecular formula is C26H39N3O4. The molecule has 2 N–H and O–H groups in total. The van der Waals surface area contributed by atoms with Gasteiger partial charge in [-0.25, -0.2) is 4.79 Å². The van der Waals surface area contributed by atoms with E-state index in [1.165, 1.54) is 4.90 Å². The molecule has 0 aliphatic heterocycles. The number of carbonyl (C=O) groups is 3. The molecule has 1 aromatic rings. The SMILES string of the molecule is C=CCN(C(=O)C(C)NC(=O)OC(C)(C)C)C(C(=O)NCCCCC)c1cccc(C=C)c1. The first-order valence-electron chi connectivity index (χ1n) is 11.4. The Morgan fingerprint density at radius 2 is 1.88 bits per heavy atom. The summed E-state index contributed by atoms with van der Waals surface area (Å²) < 4.78 is 5.27. The van der Waals surface area contributed by atoms with E-state index in [0.717, 1.165) is 24.8 Å². The molecule has 1 aromatic carbocycles. The highest BCUT2D eigenvalue weighted by Gasteiger charge is 2.34. The van der Waals surface area contributed by atoms with E-state index in [4.69, 9.17) is 4.74 Å². The number of ether oxygens (including phenoxy) is 1. The predicted octanol–water partition coefficient (Wildman–Crippen LogP) is 4.60. The zero-order valence-corrected chi connectivity index (χ0v) is 20.6. The van der Waals surface area contributed by atoms with Crippen LogP contribution in [0, 0.1) is 0 Å². The summed E-state index contributed by atoms with van der Waals surface area (Å²) in [5.41, 5.74) is 0.793. The molecule has 1 rings (SSSR count). The maximum atomic E-state index is 13.4. The van der Waals surface area contributed by atoms with Crippen LogP contribution in [0.5, 0.6) is 0 Å². The van der Waals surface area contributed by atoms with Crippen molar-refractivity contribution in [3.8, 4) is 0 Å². The maximum absolute atomic E-state index is 13.4. The van der Waals surface area contributed by atoms with Gasteiger partial charge in [0.15, 0.2) is 0 Å². The average molecular weight is 458 g/mol. The summed E-state index contributed by atoms with van der Waals surface area (Å²) in [6, 6.07) is 5.54. The van der Waals surface area contributed by atoms with Crippen LogP contribution < -0.4 is 10.6 Å². The Hall–Kier alpha value is -3.09. The molecule has 0 saturated heterocycles. The van der Waals surface area contributed by atoms with Crippen molar-refractivity contribution in [3.63, 3.8) is 0 Å². The van der Waals surface area contributed by atoms with Crippen molar-refractivity contribution in [3.05, 3.63) is 54.6 Å². The van der Waals surface area contributed by atoms with Gasteiger partial charge in [0, 0.05) is 13.1 Å². The molecule has 33 heavy (non-hydrogen) atoms.